The third-order valence-electron chi connectivity index (χ3n) is 6.01. The Morgan fingerprint density at radius 3 is 1.25 bits per heavy atom. The van der Waals surface area contributed by atoms with E-state index >= 15 is 0 Å². The van der Waals surface area contributed by atoms with Gasteiger partial charge in [-0.3, -0.25) is 9.59 Å². The smallest absolute Gasteiger partial charge is 0.210 e. The highest BCUT2D eigenvalue weighted by atomic mass is 16.2. The van der Waals surface area contributed by atoms with Gasteiger partial charge in [0.1, 0.15) is 0 Å². The van der Waals surface area contributed by atoms with Crippen LogP contribution in [0.3, 0.4) is 0 Å². The number of carbonyl (C=O) groups is 2. The minimum absolute atomic E-state index is 0.173. The molecule has 0 aliphatic heterocycles. The summed E-state index contributed by atoms with van der Waals surface area (Å²) in [6.07, 6.45) is 8.41. The van der Waals surface area contributed by atoms with Crippen molar-refractivity contribution in [2.75, 3.05) is 0 Å². The summed E-state index contributed by atoms with van der Waals surface area (Å²) in [5.41, 5.74) is -1.77. The van der Waals surface area contributed by atoms with E-state index < -0.39 is 10.8 Å². The summed E-state index contributed by atoms with van der Waals surface area (Å²) in [5.74, 6) is 0.00917. The number of hydrogen-bond donors (Lipinski definition) is 0. The summed E-state index contributed by atoms with van der Waals surface area (Å²) in [5, 5.41) is 0. The van der Waals surface area contributed by atoms with Crippen molar-refractivity contribution >= 4 is 11.6 Å². The molecule has 4 aliphatic rings. The highest BCUT2D eigenvalue weighted by molar-refractivity contribution is 6.44. The van der Waals surface area contributed by atoms with Crippen LogP contribution in [0.2, 0.25) is 0 Å². The molecule has 0 saturated heterocycles. The predicted molar refractivity (Wildman–Crippen MR) is 79.1 cm³/mol. The lowest BCUT2D eigenvalue weighted by Gasteiger charge is -2.65. The lowest BCUT2D eigenvalue weighted by Crippen LogP contribution is -2.70. The third-order valence-corrected chi connectivity index (χ3v) is 6.01. The van der Waals surface area contributed by atoms with Gasteiger partial charge in [-0.2, -0.15) is 0 Å². The largest absolute Gasteiger partial charge is 0.290 e. The molecule has 0 aromatic carbocycles. The highest BCUT2D eigenvalue weighted by Crippen LogP contribution is 2.69. The summed E-state index contributed by atoms with van der Waals surface area (Å²) in [6, 6.07) is 0. The van der Waals surface area contributed by atoms with Crippen LogP contribution >= 0.6 is 0 Å². The summed E-state index contributed by atoms with van der Waals surface area (Å²) >= 11 is 0. The number of hydrogen-bond acceptors (Lipinski definition) is 2. The molecule has 4 aliphatic carbocycles. The van der Waals surface area contributed by atoms with Gasteiger partial charge in [0.2, 0.25) is 11.6 Å². The number of allylic oxidation sites excluding steroid dienone is 4. The zero-order valence-electron chi connectivity index (χ0n) is 13.3. The average molecular weight is 272 g/mol. The Kier molecular flexibility index (Phi) is 2.31. The van der Waals surface area contributed by atoms with E-state index in [4.69, 9.17) is 0 Å². The van der Waals surface area contributed by atoms with Crippen molar-refractivity contribution in [3.63, 3.8) is 0 Å². The van der Waals surface area contributed by atoms with Crippen LogP contribution in [0.15, 0.2) is 24.3 Å². The van der Waals surface area contributed by atoms with E-state index in [1.165, 1.54) is 0 Å². The Balaban J connectivity index is 2.31. The molecule has 0 aromatic rings. The van der Waals surface area contributed by atoms with E-state index in [-0.39, 0.29) is 34.2 Å². The Bertz CT molecular complexity index is 517. The van der Waals surface area contributed by atoms with Crippen LogP contribution in [-0.4, -0.2) is 11.6 Å². The first-order valence-corrected chi connectivity index (χ1v) is 7.48. The molecular weight excluding hydrogens is 248 g/mol. The zero-order chi connectivity index (χ0) is 15.1. The fraction of sp³-hybridized carbons (Fsp3) is 0.667. The molecule has 0 radical (unpaired) electrons. The van der Waals surface area contributed by atoms with Crippen molar-refractivity contribution < 1.29 is 9.59 Å². The van der Waals surface area contributed by atoms with Crippen LogP contribution in [0.5, 0.6) is 0 Å². The maximum Gasteiger partial charge on any atom is 0.210 e. The highest BCUT2D eigenvalue weighted by Gasteiger charge is 2.72. The molecule has 4 unspecified atom stereocenters. The van der Waals surface area contributed by atoms with E-state index in [1.807, 2.05) is 0 Å². The molecule has 0 amide bonds. The minimum Gasteiger partial charge on any atom is -0.290 e. The molecule has 108 valence electrons. The second-order valence-corrected chi connectivity index (χ2v) is 8.67. The second kappa shape index (κ2) is 3.35. The van der Waals surface area contributed by atoms with Gasteiger partial charge in [0.05, 0.1) is 10.8 Å². The van der Waals surface area contributed by atoms with Crippen LogP contribution in [-0.2, 0) is 9.59 Å². The number of carbonyl (C=O) groups excluding carboxylic acids is 2. The number of rotatable bonds is 0. The Morgan fingerprint density at radius 2 is 1.05 bits per heavy atom. The monoisotopic (exact) mass is 272 g/mol. The van der Waals surface area contributed by atoms with Gasteiger partial charge < -0.3 is 0 Å². The summed E-state index contributed by atoms with van der Waals surface area (Å²) in [7, 11) is 0. The summed E-state index contributed by atoms with van der Waals surface area (Å²) in [4.78, 5) is 25.9. The molecule has 0 heterocycles. The van der Waals surface area contributed by atoms with E-state index in [2.05, 4.69) is 65.8 Å². The average Bonchev–Trinajstić information content (AvgIpc) is 2.22. The molecule has 4 rings (SSSR count). The number of ketones is 2. The maximum absolute atomic E-state index is 13.0. The minimum atomic E-state index is -0.642. The standard InChI is InChI=1S/C18H24O2/c1-15(2,3)17-9-10-18(16(4,5)6,14(20)13(17)19)12-8-7-11(12)17/h7-12H,1-6H3. The third kappa shape index (κ3) is 1.14. The SMILES string of the molecule is CC(C)(C)C12C=CC(C(C)(C)C)(C(=O)C1=O)C1C=CC12. The van der Waals surface area contributed by atoms with Crippen LogP contribution in [0, 0.1) is 33.5 Å². The molecular formula is C18H24O2. The zero-order valence-corrected chi connectivity index (χ0v) is 13.3. The Morgan fingerprint density at radius 1 is 0.750 bits per heavy atom. The molecule has 2 heteroatoms. The van der Waals surface area contributed by atoms with Gasteiger partial charge in [0.15, 0.2) is 0 Å². The molecule has 0 aromatic heterocycles. The molecule has 1 fully saturated rings. The van der Waals surface area contributed by atoms with E-state index in [0.29, 0.717) is 0 Å². The number of Topliss-reactive ketones (excluding diaryl/α,β-unsaturated/α-hetero) is 2. The Labute approximate surface area is 121 Å². The topological polar surface area (TPSA) is 34.1 Å². The fourth-order valence-electron chi connectivity index (χ4n) is 4.70. The first-order chi connectivity index (χ1) is 9.00. The summed E-state index contributed by atoms with van der Waals surface area (Å²) in [6.45, 7) is 12.4. The van der Waals surface area contributed by atoms with Crippen molar-refractivity contribution in [2.24, 2.45) is 33.5 Å². The van der Waals surface area contributed by atoms with Crippen LogP contribution < -0.4 is 0 Å². The van der Waals surface area contributed by atoms with Crippen LogP contribution in [0.4, 0.5) is 0 Å². The van der Waals surface area contributed by atoms with Gasteiger partial charge >= 0.3 is 0 Å². The van der Waals surface area contributed by atoms with Gasteiger partial charge in [0, 0.05) is 11.8 Å². The van der Waals surface area contributed by atoms with Gasteiger partial charge in [-0.25, -0.2) is 0 Å². The number of fused-ring (bicyclic) bond motifs is 1. The second-order valence-electron chi connectivity index (χ2n) is 8.67. The molecule has 4 atom stereocenters. The van der Waals surface area contributed by atoms with Gasteiger partial charge in [-0.1, -0.05) is 65.8 Å². The molecule has 1 saturated carbocycles. The lowest BCUT2D eigenvalue weighted by molar-refractivity contribution is -0.171. The van der Waals surface area contributed by atoms with Crippen molar-refractivity contribution in [1.82, 2.24) is 0 Å². The Hall–Kier alpha value is -1.18. The predicted octanol–water partition coefficient (Wildman–Crippen LogP) is 3.58. The normalized spacial score (nSPS) is 42.7. The van der Waals surface area contributed by atoms with Crippen LogP contribution in [0.1, 0.15) is 41.5 Å². The van der Waals surface area contributed by atoms with Gasteiger partial charge in [0.25, 0.3) is 0 Å². The van der Waals surface area contributed by atoms with E-state index in [1.54, 1.807) is 0 Å². The van der Waals surface area contributed by atoms with Crippen molar-refractivity contribution in [3.8, 4) is 0 Å². The quantitative estimate of drug-likeness (QED) is 0.499. The lowest BCUT2D eigenvalue weighted by atomic mass is 9.35. The van der Waals surface area contributed by atoms with Gasteiger partial charge in [-0.05, 0) is 10.8 Å². The molecule has 0 spiro atoms. The van der Waals surface area contributed by atoms with E-state index in [0.717, 1.165) is 0 Å². The van der Waals surface area contributed by atoms with Crippen molar-refractivity contribution in [1.29, 1.82) is 0 Å². The molecule has 2 bridgehead atoms. The first-order valence-electron chi connectivity index (χ1n) is 7.48. The maximum atomic E-state index is 13.0. The molecule has 0 N–H and O–H groups in total. The van der Waals surface area contributed by atoms with Crippen molar-refractivity contribution in [3.05, 3.63) is 24.3 Å². The molecule has 20 heavy (non-hydrogen) atoms. The van der Waals surface area contributed by atoms with Crippen LogP contribution in [0.25, 0.3) is 0 Å². The fourth-order valence-corrected chi connectivity index (χ4v) is 4.70. The van der Waals surface area contributed by atoms with Gasteiger partial charge in [-0.15, -0.1) is 0 Å². The molecule has 2 nitrogen and oxygen atoms in total. The van der Waals surface area contributed by atoms with E-state index in [9.17, 15) is 9.59 Å². The summed E-state index contributed by atoms with van der Waals surface area (Å²) < 4.78 is 0. The van der Waals surface area contributed by atoms with Crippen molar-refractivity contribution in [2.45, 2.75) is 41.5 Å². The first kappa shape index (κ1) is 13.8.